The zero-order chi connectivity index (χ0) is 23.9. The van der Waals surface area contributed by atoms with Crippen LogP contribution in [0.3, 0.4) is 0 Å². The van der Waals surface area contributed by atoms with Crippen LogP contribution in [0.5, 0.6) is 0 Å². The van der Waals surface area contributed by atoms with Gasteiger partial charge in [0.2, 0.25) is 5.91 Å². The SMILES string of the molecule is C[C@@H](CN[C@H](C(=O)Nc1ccc(-c2cnn(C)c2)cn1)c1ccccc1)c1ccc(C#N)cc1. The molecule has 0 saturated carbocycles. The van der Waals surface area contributed by atoms with E-state index in [0.29, 0.717) is 17.9 Å². The van der Waals surface area contributed by atoms with Crippen LogP contribution in [0.2, 0.25) is 0 Å². The normalized spacial score (nSPS) is 12.5. The molecule has 170 valence electrons. The lowest BCUT2D eigenvalue weighted by Crippen LogP contribution is -2.35. The fourth-order valence-corrected chi connectivity index (χ4v) is 3.71. The van der Waals surface area contributed by atoms with Gasteiger partial charge in [-0.2, -0.15) is 10.4 Å². The Morgan fingerprint density at radius 2 is 1.76 bits per heavy atom. The van der Waals surface area contributed by atoms with Gasteiger partial charge in [0, 0.05) is 37.1 Å². The van der Waals surface area contributed by atoms with Crippen molar-refractivity contribution in [2.45, 2.75) is 18.9 Å². The summed E-state index contributed by atoms with van der Waals surface area (Å²) in [5, 5.41) is 19.5. The van der Waals surface area contributed by atoms with Gasteiger partial charge in [-0.3, -0.25) is 9.48 Å². The molecule has 2 aromatic carbocycles. The maximum atomic E-state index is 13.2. The average molecular weight is 451 g/mol. The Balaban J connectivity index is 1.46. The first kappa shape index (κ1) is 22.9. The molecule has 0 aliphatic heterocycles. The van der Waals surface area contributed by atoms with Crippen molar-refractivity contribution in [1.29, 1.82) is 5.26 Å². The zero-order valence-electron chi connectivity index (χ0n) is 19.1. The summed E-state index contributed by atoms with van der Waals surface area (Å²) in [5.74, 6) is 0.462. The maximum Gasteiger partial charge on any atom is 0.247 e. The zero-order valence-corrected chi connectivity index (χ0v) is 19.1. The van der Waals surface area contributed by atoms with E-state index >= 15 is 0 Å². The molecule has 7 heteroatoms. The molecule has 4 aromatic rings. The number of anilines is 1. The second-order valence-electron chi connectivity index (χ2n) is 8.21. The summed E-state index contributed by atoms with van der Waals surface area (Å²) in [6.45, 7) is 2.68. The number of nitrogens with zero attached hydrogens (tertiary/aromatic N) is 4. The van der Waals surface area contributed by atoms with Crippen molar-refractivity contribution in [1.82, 2.24) is 20.1 Å². The number of rotatable bonds is 8. The number of carbonyl (C=O) groups excluding carboxylic acids is 1. The molecule has 0 unspecified atom stereocenters. The molecule has 2 heterocycles. The number of nitrogens with one attached hydrogen (secondary N) is 2. The number of hydrogen-bond donors (Lipinski definition) is 2. The van der Waals surface area contributed by atoms with Crippen LogP contribution in [0, 0.1) is 11.3 Å². The second-order valence-corrected chi connectivity index (χ2v) is 8.21. The van der Waals surface area contributed by atoms with Crippen molar-refractivity contribution in [3.8, 4) is 17.2 Å². The number of carbonyl (C=O) groups is 1. The van der Waals surface area contributed by atoms with E-state index in [1.54, 1.807) is 23.1 Å². The predicted octanol–water partition coefficient (Wildman–Crippen LogP) is 4.43. The molecule has 0 aliphatic carbocycles. The van der Waals surface area contributed by atoms with Gasteiger partial charge in [0.25, 0.3) is 0 Å². The fourth-order valence-electron chi connectivity index (χ4n) is 3.71. The van der Waals surface area contributed by atoms with Crippen molar-refractivity contribution in [3.05, 3.63) is 102 Å². The summed E-state index contributed by atoms with van der Waals surface area (Å²) in [4.78, 5) is 17.7. The van der Waals surface area contributed by atoms with Gasteiger partial charge < -0.3 is 10.6 Å². The molecule has 2 atom stereocenters. The quantitative estimate of drug-likeness (QED) is 0.414. The lowest BCUT2D eigenvalue weighted by Gasteiger charge is -2.21. The molecule has 4 rings (SSSR count). The first-order valence-electron chi connectivity index (χ1n) is 11.1. The number of aromatic nitrogens is 3. The van der Waals surface area contributed by atoms with Crippen molar-refractivity contribution in [3.63, 3.8) is 0 Å². The summed E-state index contributed by atoms with van der Waals surface area (Å²) in [6.07, 6.45) is 5.42. The smallest absolute Gasteiger partial charge is 0.247 e. The van der Waals surface area contributed by atoms with E-state index in [4.69, 9.17) is 5.26 Å². The van der Waals surface area contributed by atoms with Gasteiger partial charge in [-0.25, -0.2) is 4.98 Å². The molecule has 0 radical (unpaired) electrons. The average Bonchev–Trinajstić information content (AvgIpc) is 3.31. The molecule has 0 spiro atoms. The molecule has 1 amide bonds. The van der Waals surface area contributed by atoms with Crippen LogP contribution in [0.4, 0.5) is 5.82 Å². The van der Waals surface area contributed by atoms with Gasteiger partial charge in [-0.1, -0.05) is 49.4 Å². The molecule has 7 nitrogen and oxygen atoms in total. The second kappa shape index (κ2) is 10.6. The standard InChI is InChI=1S/C27H26N6O/c1-19(21-10-8-20(14-28)9-11-21)15-30-26(22-6-4-3-5-7-22)27(34)32-25-13-12-23(16-29-25)24-17-31-33(2)18-24/h3-13,16-19,26,30H,15H2,1-2H3,(H,29,32,34)/t19-,26-/m0/s1. The maximum absolute atomic E-state index is 13.2. The third-order valence-electron chi connectivity index (χ3n) is 5.69. The monoisotopic (exact) mass is 450 g/mol. The van der Waals surface area contributed by atoms with Crippen LogP contribution < -0.4 is 10.6 Å². The van der Waals surface area contributed by atoms with Crippen molar-refractivity contribution >= 4 is 11.7 Å². The van der Waals surface area contributed by atoms with Gasteiger partial charge in [-0.05, 0) is 41.3 Å². The number of amides is 1. The van der Waals surface area contributed by atoms with E-state index in [1.807, 2.05) is 73.9 Å². The van der Waals surface area contributed by atoms with E-state index in [9.17, 15) is 4.79 Å². The summed E-state index contributed by atoms with van der Waals surface area (Å²) in [7, 11) is 1.87. The Kier molecular flexibility index (Phi) is 7.11. The van der Waals surface area contributed by atoms with Crippen molar-refractivity contribution in [2.75, 3.05) is 11.9 Å². The number of pyridine rings is 1. The molecule has 0 bridgehead atoms. The minimum absolute atomic E-state index is 0.156. The Labute approximate surface area is 199 Å². The predicted molar refractivity (Wildman–Crippen MR) is 132 cm³/mol. The summed E-state index contributed by atoms with van der Waals surface area (Å²) in [5.41, 5.74) is 4.51. The van der Waals surface area contributed by atoms with E-state index in [-0.39, 0.29) is 11.8 Å². The van der Waals surface area contributed by atoms with Gasteiger partial charge in [-0.15, -0.1) is 0 Å². The number of hydrogen-bond acceptors (Lipinski definition) is 5. The number of aryl methyl sites for hydroxylation is 1. The highest BCUT2D eigenvalue weighted by molar-refractivity contribution is 5.95. The van der Waals surface area contributed by atoms with E-state index in [2.05, 4.69) is 33.7 Å². The topological polar surface area (TPSA) is 95.6 Å². The van der Waals surface area contributed by atoms with E-state index in [0.717, 1.165) is 22.3 Å². The first-order chi connectivity index (χ1) is 16.5. The third kappa shape index (κ3) is 5.55. The first-order valence-corrected chi connectivity index (χ1v) is 11.1. The summed E-state index contributed by atoms with van der Waals surface area (Å²) < 4.78 is 1.74. The molecule has 0 saturated heterocycles. The van der Waals surface area contributed by atoms with Crippen LogP contribution in [0.25, 0.3) is 11.1 Å². The lowest BCUT2D eigenvalue weighted by molar-refractivity contribution is -0.118. The molecule has 2 N–H and O–H groups in total. The van der Waals surface area contributed by atoms with Crippen molar-refractivity contribution in [2.24, 2.45) is 7.05 Å². The highest BCUT2D eigenvalue weighted by atomic mass is 16.2. The Morgan fingerprint density at radius 3 is 2.38 bits per heavy atom. The molecular weight excluding hydrogens is 424 g/mol. The largest absolute Gasteiger partial charge is 0.309 e. The Morgan fingerprint density at radius 1 is 1.00 bits per heavy atom. The van der Waals surface area contributed by atoms with Crippen LogP contribution in [-0.2, 0) is 11.8 Å². The van der Waals surface area contributed by atoms with Crippen LogP contribution in [0.1, 0.15) is 35.6 Å². The summed E-state index contributed by atoms with van der Waals surface area (Å²) in [6, 6.07) is 22.5. The third-order valence-corrected chi connectivity index (χ3v) is 5.69. The summed E-state index contributed by atoms with van der Waals surface area (Å²) >= 11 is 0. The van der Waals surface area contributed by atoms with Gasteiger partial charge >= 0.3 is 0 Å². The minimum Gasteiger partial charge on any atom is -0.309 e. The highest BCUT2D eigenvalue weighted by Gasteiger charge is 2.21. The molecule has 0 aliphatic rings. The van der Waals surface area contributed by atoms with E-state index < -0.39 is 6.04 Å². The van der Waals surface area contributed by atoms with Gasteiger partial charge in [0.1, 0.15) is 11.9 Å². The van der Waals surface area contributed by atoms with Gasteiger partial charge in [0.05, 0.1) is 17.8 Å². The molecular formula is C27H26N6O. The number of benzene rings is 2. The van der Waals surface area contributed by atoms with Crippen LogP contribution in [0.15, 0.2) is 85.3 Å². The molecule has 2 aromatic heterocycles. The number of nitriles is 1. The molecule has 0 fully saturated rings. The van der Waals surface area contributed by atoms with Crippen molar-refractivity contribution < 1.29 is 4.79 Å². The molecule has 34 heavy (non-hydrogen) atoms. The van der Waals surface area contributed by atoms with Gasteiger partial charge in [0.15, 0.2) is 0 Å². The highest BCUT2D eigenvalue weighted by Crippen LogP contribution is 2.21. The van der Waals surface area contributed by atoms with E-state index in [1.165, 1.54) is 0 Å². The fraction of sp³-hybridized carbons (Fsp3) is 0.185. The van der Waals surface area contributed by atoms with Crippen LogP contribution >= 0.6 is 0 Å². The Bertz CT molecular complexity index is 1270. The minimum atomic E-state index is -0.540. The lowest BCUT2D eigenvalue weighted by atomic mass is 9.98. The Hall–Kier alpha value is -4.28. The van der Waals surface area contributed by atoms with Crippen LogP contribution in [-0.4, -0.2) is 27.2 Å².